The van der Waals surface area contributed by atoms with E-state index in [1.54, 1.807) is 23.1 Å². The van der Waals surface area contributed by atoms with Gasteiger partial charge >= 0.3 is 0 Å². The molecule has 174 valence electrons. The van der Waals surface area contributed by atoms with E-state index in [0.717, 1.165) is 5.56 Å². The summed E-state index contributed by atoms with van der Waals surface area (Å²) in [6, 6.07) is 13.1. The van der Waals surface area contributed by atoms with Crippen molar-refractivity contribution in [3.63, 3.8) is 0 Å². The number of hydrogen-bond donors (Lipinski definition) is 1. The highest BCUT2D eigenvalue weighted by Gasteiger charge is 2.29. The summed E-state index contributed by atoms with van der Waals surface area (Å²) in [6.07, 6.45) is 1.40. The summed E-state index contributed by atoms with van der Waals surface area (Å²) in [7, 11) is 0. The van der Waals surface area contributed by atoms with Gasteiger partial charge < -0.3 is 10.2 Å². The van der Waals surface area contributed by atoms with Gasteiger partial charge in [0, 0.05) is 35.1 Å². The normalized spacial score (nSPS) is 12.3. The van der Waals surface area contributed by atoms with Crippen molar-refractivity contribution in [1.29, 1.82) is 0 Å². The summed E-state index contributed by atoms with van der Waals surface area (Å²) >= 11 is 12.7. The number of carbonyl (C=O) groups is 2. The van der Waals surface area contributed by atoms with Crippen molar-refractivity contribution >= 4 is 35.0 Å². The number of nitrogens with zero attached hydrogens (tertiary/aromatic N) is 1. The number of rotatable bonds is 9. The van der Waals surface area contributed by atoms with Gasteiger partial charge in [0.15, 0.2) is 0 Å². The van der Waals surface area contributed by atoms with Crippen LogP contribution in [0.1, 0.15) is 64.2 Å². The minimum absolute atomic E-state index is 0.0837. The average molecular weight is 477 g/mol. The molecule has 1 N–H and O–H groups in total. The summed E-state index contributed by atoms with van der Waals surface area (Å²) in [5.74, 6) is -0.264. The number of halogens is 2. The largest absolute Gasteiger partial charge is 0.355 e. The first-order chi connectivity index (χ1) is 15.1. The van der Waals surface area contributed by atoms with E-state index in [1.807, 2.05) is 13.8 Å². The van der Waals surface area contributed by atoms with Gasteiger partial charge in [-0.15, -0.1) is 0 Å². The Morgan fingerprint density at radius 3 is 2.09 bits per heavy atom. The van der Waals surface area contributed by atoms with E-state index in [9.17, 15) is 9.59 Å². The molecule has 1 atom stereocenters. The standard InChI is InChI=1S/C26H34Cl2N2O2/c1-6-23(25(32)29-7-2)30(17-20-21(27)9-8-10-22(20)28)24(31)16-13-18-11-14-19(15-12-18)26(3,4)5/h8-12,14-15,23H,6-7,13,16-17H2,1-5H3,(H,29,32). The molecule has 0 fully saturated rings. The lowest BCUT2D eigenvalue weighted by Crippen LogP contribution is -2.49. The van der Waals surface area contributed by atoms with Crippen LogP contribution in [0.25, 0.3) is 0 Å². The summed E-state index contributed by atoms with van der Waals surface area (Å²) in [4.78, 5) is 27.7. The van der Waals surface area contributed by atoms with E-state index in [0.29, 0.717) is 41.4 Å². The summed E-state index contributed by atoms with van der Waals surface area (Å²) in [6.45, 7) is 11.0. The number of hydrogen-bond acceptors (Lipinski definition) is 2. The molecule has 4 nitrogen and oxygen atoms in total. The lowest BCUT2D eigenvalue weighted by Gasteiger charge is -2.31. The molecule has 0 aromatic heterocycles. The van der Waals surface area contributed by atoms with Gasteiger partial charge in [-0.25, -0.2) is 0 Å². The Morgan fingerprint density at radius 1 is 1.00 bits per heavy atom. The van der Waals surface area contributed by atoms with Crippen LogP contribution in [0.2, 0.25) is 10.0 Å². The molecule has 0 saturated carbocycles. The van der Waals surface area contributed by atoms with E-state index in [4.69, 9.17) is 23.2 Å². The van der Waals surface area contributed by atoms with Gasteiger partial charge in [-0.3, -0.25) is 9.59 Å². The maximum absolute atomic E-state index is 13.3. The van der Waals surface area contributed by atoms with Crippen LogP contribution < -0.4 is 5.32 Å². The highest BCUT2D eigenvalue weighted by atomic mass is 35.5. The molecule has 2 rings (SSSR count). The molecule has 0 aliphatic heterocycles. The second-order valence-corrected chi connectivity index (χ2v) is 9.80. The van der Waals surface area contributed by atoms with Crippen LogP contribution in [0.4, 0.5) is 0 Å². The molecule has 2 amide bonds. The van der Waals surface area contributed by atoms with E-state index < -0.39 is 6.04 Å². The zero-order valence-electron chi connectivity index (χ0n) is 19.7. The maximum atomic E-state index is 13.3. The third-order valence-corrected chi connectivity index (χ3v) is 6.28. The molecule has 0 bridgehead atoms. The Labute approximate surface area is 202 Å². The Morgan fingerprint density at radius 2 is 1.59 bits per heavy atom. The molecule has 32 heavy (non-hydrogen) atoms. The van der Waals surface area contributed by atoms with Crippen molar-refractivity contribution in [3.05, 3.63) is 69.2 Å². The number of aryl methyl sites for hydroxylation is 1. The Balaban J connectivity index is 2.23. The zero-order chi connectivity index (χ0) is 23.9. The van der Waals surface area contributed by atoms with Crippen molar-refractivity contribution in [3.8, 4) is 0 Å². The van der Waals surface area contributed by atoms with Crippen LogP contribution in [0.15, 0.2) is 42.5 Å². The number of amides is 2. The van der Waals surface area contributed by atoms with Gasteiger partial charge in [0.2, 0.25) is 11.8 Å². The highest BCUT2D eigenvalue weighted by molar-refractivity contribution is 6.36. The van der Waals surface area contributed by atoms with Gasteiger partial charge in [0.25, 0.3) is 0 Å². The molecule has 0 aliphatic carbocycles. The van der Waals surface area contributed by atoms with Crippen LogP contribution in [-0.2, 0) is 28.0 Å². The first kappa shape index (κ1) is 26.2. The van der Waals surface area contributed by atoms with Crippen molar-refractivity contribution in [2.24, 2.45) is 0 Å². The van der Waals surface area contributed by atoms with Gasteiger partial charge in [-0.2, -0.15) is 0 Å². The van der Waals surface area contributed by atoms with Crippen LogP contribution in [0.3, 0.4) is 0 Å². The lowest BCUT2D eigenvalue weighted by atomic mass is 9.86. The molecule has 0 heterocycles. The number of benzene rings is 2. The van der Waals surface area contributed by atoms with Gasteiger partial charge in [-0.05, 0) is 48.4 Å². The van der Waals surface area contributed by atoms with Crippen molar-refractivity contribution in [2.75, 3.05) is 6.54 Å². The Hall–Kier alpha value is -2.04. The molecular formula is C26H34Cl2N2O2. The molecule has 6 heteroatoms. The molecule has 0 aliphatic rings. The quantitative estimate of drug-likeness (QED) is 0.470. The smallest absolute Gasteiger partial charge is 0.242 e. The van der Waals surface area contributed by atoms with E-state index in [2.05, 4.69) is 50.4 Å². The summed E-state index contributed by atoms with van der Waals surface area (Å²) in [5.41, 5.74) is 3.08. The topological polar surface area (TPSA) is 49.4 Å². The average Bonchev–Trinajstić information content (AvgIpc) is 2.73. The fourth-order valence-corrected chi connectivity index (χ4v) is 4.15. The first-order valence-corrected chi connectivity index (χ1v) is 11.9. The number of likely N-dealkylation sites (N-methyl/N-ethyl adjacent to an activating group) is 1. The zero-order valence-corrected chi connectivity index (χ0v) is 21.2. The first-order valence-electron chi connectivity index (χ1n) is 11.2. The summed E-state index contributed by atoms with van der Waals surface area (Å²) in [5, 5.41) is 3.81. The van der Waals surface area contributed by atoms with Crippen LogP contribution in [0.5, 0.6) is 0 Å². The van der Waals surface area contributed by atoms with Crippen LogP contribution >= 0.6 is 23.2 Å². The lowest BCUT2D eigenvalue weighted by molar-refractivity contribution is -0.141. The van der Waals surface area contributed by atoms with Crippen LogP contribution in [0, 0.1) is 0 Å². The third-order valence-electron chi connectivity index (χ3n) is 5.57. The monoisotopic (exact) mass is 476 g/mol. The second kappa shape index (κ2) is 11.7. The molecule has 1 unspecified atom stereocenters. The number of carbonyl (C=O) groups excluding carboxylic acids is 2. The van der Waals surface area contributed by atoms with Crippen molar-refractivity contribution in [2.45, 2.75) is 71.9 Å². The molecular weight excluding hydrogens is 443 g/mol. The Kier molecular flexibility index (Phi) is 9.60. The van der Waals surface area contributed by atoms with E-state index in [1.165, 1.54) is 5.56 Å². The SMILES string of the molecule is CCNC(=O)C(CC)N(Cc1c(Cl)cccc1Cl)C(=O)CCc1ccc(C(C)(C)C)cc1. The molecule has 0 radical (unpaired) electrons. The molecule has 0 spiro atoms. The molecule has 2 aromatic carbocycles. The fraction of sp³-hybridized carbons (Fsp3) is 0.462. The predicted molar refractivity (Wildman–Crippen MR) is 133 cm³/mol. The Bertz CT molecular complexity index is 900. The third kappa shape index (κ3) is 6.98. The second-order valence-electron chi connectivity index (χ2n) is 8.99. The molecule has 0 saturated heterocycles. The van der Waals surface area contributed by atoms with Gasteiger partial charge in [0.05, 0.1) is 0 Å². The highest BCUT2D eigenvalue weighted by Crippen LogP contribution is 2.28. The minimum atomic E-state index is -0.585. The van der Waals surface area contributed by atoms with Gasteiger partial charge in [-0.1, -0.05) is 81.2 Å². The minimum Gasteiger partial charge on any atom is -0.355 e. The van der Waals surface area contributed by atoms with E-state index >= 15 is 0 Å². The summed E-state index contributed by atoms with van der Waals surface area (Å²) < 4.78 is 0. The van der Waals surface area contributed by atoms with Gasteiger partial charge in [0.1, 0.15) is 6.04 Å². The maximum Gasteiger partial charge on any atom is 0.242 e. The number of nitrogens with one attached hydrogen (secondary N) is 1. The predicted octanol–water partition coefficient (Wildman–Crippen LogP) is 6.17. The van der Waals surface area contributed by atoms with E-state index in [-0.39, 0.29) is 23.8 Å². The fourth-order valence-electron chi connectivity index (χ4n) is 3.63. The van der Waals surface area contributed by atoms with Crippen LogP contribution in [-0.4, -0.2) is 29.3 Å². The molecule has 2 aromatic rings. The van der Waals surface area contributed by atoms with Crippen molar-refractivity contribution in [1.82, 2.24) is 10.2 Å². The van der Waals surface area contributed by atoms with Crippen molar-refractivity contribution < 1.29 is 9.59 Å².